The molecular formula is C12H12ClN5O3. The number of nitro benzene ring substituents is 1. The molecule has 0 saturated carbocycles. The first-order chi connectivity index (χ1) is 9.93. The van der Waals surface area contributed by atoms with Crippen molar-refractivity contribution in [3.05, 3.63) is 43.3 Å². The van der Waals surface area contributed by atoms with Gasteiger partial charge in [0.05, 0.1) is 4.92 Å². The van der Waals surface area contributed by atoms with E-state index in [1.165, 1.54) is 11.0 Å². The molecule has 0 spiro atoms. The quantitative estimate of drug-likeness (QED) is 0.280. The molecular weight excluding hydrogens is 298 g/mol. The smallest absolute Gasteiger partial charge is 0.294 e. The highest BCUT2D eigenvalue weighted by Gasteiger charge is 2.35. The Morgan fingerprint density at radius 2 is 2.33 bits per heavy atom. The van der Waals surface area contributed by atoms with Gasteiger partial charge < -0.3 is 4.90 Å². The molecule has 1 heterocycles. The number of hydrogen-bond acceptors (Lipinski definition) is 4. The second-order valence-electron chi connectivity index (χ2n) is 4.84. The summed E-state index contributed by atoms with van der Waals surface area (Å²) >= 11 is 5.84. The first-order valence-corrected chi connectivity index (χ1v) is 6.57. The van der Waals surface area contributed by atoms with Gasteiger partial charge in [-0.1, -0.05) is 16.7 Å². The molecule has 1 aliphatic heterocycles. The van der Waals surface area contributed by atoms with Crippen LogP contribution < -0.4 is 4.90 Å². The number of nitrogens with zero attached hydrogens (tertiary/aromatic N) is 5. The van der Waals surface area contributed by atoms with Crippen LogP contribution in [0.25, 0.3) is 10.4 Å². The summed E-state index contributed by atoms with van der Waals surface area (Å²) in [7, 11) is 0. The van der Waals surface area contributed by atoms with Crippen LogP contribution in [0.4, 0.5) is 11.4 Å². The lowest BCUT2D eigenvalue weighted by Gasteiger charge is -2.19. The maximum atomic E-state index is 12.1. The van der Waals surface area contributed by atoms with E-state index in [4.69, 9.17) is 17.1 Å². The van der Waals surface area contributed by atoms with Crippen LogP contribution in [0.1, 0.15) is 12.0 Å². The molecule has 0 N–H and O–H groups in total. The minimum absolute atomic E-state index is 0.136. The summed E-state index contributed by atoms with van der Waals surface area (Å²) in [6, 6.07) is 2.82. The predicted octanol–water partition coefficient (Wildman–Crippen LogP) is 3.22. The van der Waals surface area contributed by atoms with E-state index in [1.54, 1.807) is 13.0 Å². The summed E-state index contributed by atoms with van der Waals surface area (Å²) in [4.78, 5) is 26.8. The molecule has 0 aromatic heterocycles. The lowest BCUT2D eigenvalue weighted by atomic mass is 10.1. The van der Waals surface area contributed by atoms with Crippen LogP contribution in [0.5, 0.6) is 0 Å². The van der Waals surface area contributed by atoms with Gasteiger partial charge >= 0.3 is 0 Å². The molecule has 21 heavy (non-hydrogen) atoms. The largest absolute Gasteiger partial charge is 0.306 e. The number of carbonyl (C=O) groups excluding carboxylic acids is 1. The molecule has 9 heteroatoms. The summed E-state index contributed by atoms with van der Waals surface area (Å²) in [5.74, 6) is -0.357. The number of nitro groups is 1. The molecule has 1 saturated heterocycles. The zero-order valence-corrected chi connectivity index (χ0v) is 11.9. The van der Waals surface area contributed by atoms with Gasteiger partial charge in [-0.25, -0.2) is 0 Å². The zero-order valence-electron chi connectivity index (χ0n) is 11.2. The molecule has 1 atom stereocenters. The average molecular weight is 310 g/mol. The topological polar surface area (TPSA) is 112 Å². The summed E-state index contributed by atoms with van der Waals surface area (Å²) < 4.78 is 0. The van der Waals surface area contributed by atoms with Gasteiger partial charge in [0, 0.05) is 35.5 Å². The maximum absolute atomic E-state index is 12.1. The third kappa shape index (κ3) is 3.07. The second-order valence-corrected chi connectivity index (χ2v) is 5.27. The summed E-state index contributed by atoms with van der Waals surface area (Å²) in [6.07, 6.45) is 0.207. The first-order valence-electron chi connectivity index (χ1n) is 6.19. The lowest BCUT2D eigenvalue weighted by Crippen LogP contribution is -2.26. The molecule has 0 bridgehead atoms. The minimum Gasteiger partial charge on any atom is -0.306 e. The Kier molecular flexibility index (Phi) is 4.30. The van der Waals surface area contributed by atoms with Crippen LogP contribution in [0.3, 0.4) is 0 Å². The highest BCUT2D eigenvalue weighted by molar-refractivity contribution is 6.31. The molecule has 0 aliphatic carbocycles. The minimum atomic E-state index is -0.553. The van der Waals surface area contributed by atoms with E-state index >= 15 is 0 Å². The first kappa shape index (κ1) is 15.1. The van der Waals surface area contributed by atoms with E-state index in [1.807, 2.05) is 0 Å². The lowest BCUT2D eigenvalue weighted by molar-refractivity contribution is -0.384. The molecule has 1 amide bonds. The third-order valence-electron chi connectivity index (χ3n) is 3.32. The summed E-state index contributed by atoms with van der Waals surface area (Å²) in [5, 5.41) is 14.9. The van der Waals surface area contributed by atoms with E-state index in [-0.39, 0.29) is 41.2 Å². The SMILES string of the molecule is Cc1cc(Cl)cc([N+](=O)[O-])c1N1CC(CN=[N+]=[N-])CC1=O. The van der Waals surface area contributed by atoms with Crippen molar-refractivity contribution in [2.24, 2.45) is 11.0 Å². The van der Waals surface area contributed by atoms with Crippen molar-refractivity contribution in [1.82, 2.24) is 0 Å². The Balaban J connectivity index is 2.40. The number of anilines is 1. The van der Waals surface area contributed by atoms with Gasteiger partial charge in [0.25, 0.3) is 5.69 Å². The van der Waals surface area contributed by atoms with E-state index in [2.05, 4.69) is 10.0 Å². The highest BCUT2D eigenvalue weighted by Crippen LogP contribution is 2.38. The fourth-order valence-corrected chi connectivity index (χ4v) is 2.75. The fourth-order valence-electron chi connectivity index (χ4n) is 2.48. The molecule has 1 fully saturated rings. The van der Waals surface area contributed by atoms with Crippen molar-refractivity contribution >= 4 is 28.9 Å². The van der Waals surface area contributed by atoms with Gasteiger partial charge in [0.2, 0.25) is 5.91 Å². The molecule has 8 nitrogen and oxygen atoms in total. The van der Waals surface area contributed by atoms with Gasteiger partial charge in [-0.05, 0) is 30.0 Å². The number of carbonyl (C=O) groups is 1. The number of aryl methyl sites for hydroxylation is 1. The number of halogens is 1. The Morgan fingerprint density at radius 1 is 1.62 bits per heavy atom. The van der Waals surface area contributed by atoms with Crippen molar-refractivity contribution in [2.75, 3.05) is 18.0 Å². The van der Waals surface area contributed by atoms with E-state index in [0.717, 1.165) is 0 Å². The van der Waals surface area contributed by atoms with Gasteiger partial charge in [-0.3, -0.25) is 14.9 Å². The van der Waals surface area contributed by atoms with Crippen LogP contribution in [0, 0.1) is 23.0 Å². The Hall–Kier alpha value is -2.31. The maximum Gasteiger partial charge on any atom is 0.294 e. The van der Waals surface area contributed by atoms with Gasteiger partial charge in [0.15, 0.2) is 0 Å². The molecule has 1 unspecified atom stereocenters. The monoisotopic (exact) mass is 309 g/mol. The highest BCUT2D eigenvalue weighted by atomic mass is 35.5. The van der Waals surface area contributed by atoms with Gasteiger partial charge in [-0.2, -0.15) is 0 Å². The van der Waals surface area contributed by atoms with Crippen molar-refractivity contribution in [2.45, 2.75) is 13.3 Å². The fraction of sp³-hybridized carbons (Fsp3) is 0.417. The Labute approximate surface area is 125 Å². The van der Waals surface area contributed by atoms with Crippen molar-refractivity contribution < 1.29 is 9.72 Å². The number of azide groups is 1. The second kappa shape index (κ2) is 5.99. The normalized spacial score (nSPS) is 17.7. The molecule has 1 aliphatic rings. The summed E-state index contributed by atoms with van der Waals surface area (Å²) in [6.45, 7) is 2.16. The van der Waals surface area contributed by atoms with Crippen LogP contribution in [0.2, 0.25) is 5.02 Å². The standard InChI is InChI=1S/C12H12ClN5O3/c1-7-2-9(13)4-10(18(20)21)12(7)17-6-8(3-11(17)19)5-15-16-14/h2,4,8H,3,5-6H2,1H3. The van der Waals surface area contributed by atoms with Crippen LogP contribution in [-0.4, -0.2) is 23.9 Å². The molecule has 110 valence electrons. The van der Waals surface area contributed by atoms with Crippen molar-refractivity contribution in [3.8, 4) is 0 Å². The molecule has 2 rings (SSSR count). The van der Waals surface area contributed by atoms with E-state index in [9.17, 15) is 14.9 Å². The van der Waals surface area contributed by atoms with Gasteiger partial charge in [-0.15, -0.1) is 0 Å². The Bertz CT molecular complexity index is 657. The van der Waals surface area contributed by atoms with E-state index < -0.39 is 4.92 Å². The predicted molar refractivity (Wildman–Crippen MR) is 77.3 cm³/mol. The number of benzene rings is 1. The molecule has 1 aromatic rings. The number of hydrogen-bond donors (Lipinski definition) is 0. The van der Waals surface area contributed by atoms with Gasteiger partial charge in [0.1, 0.15) is 5.69 Å². The molecule has 0 radical (unpaired) electrons. The van der Waals surface area contributed by atoms with Crippen LogP contribution in [-0.2, 0) is 4.79 Å². The third-order valence-corrected chi connectivity index (χ3v) is 3.54. The van der Waals surface area contributed by atoms with Crippen LogP contribution in [0.15, 0.2) is 17.2 Å². The average Bonchev–Trinajstić information content (AvgIpc) is 2.76. The van der Waals surface area contributed by atoms with Crippen molar-refractivity contribution in [3.63, 3.8) is 0 Å². The Morgan fingerprint density at radius 3 is 2.95 bits per heavy atom. The molecule has 1 aromatic carbocycles. The van der Waals surface area contributed by atoms with Crippen molar-refractivity contribution in [1.29, 1.82) is 0 Å². The number of rotatable bonds is 4. The number of amides is 1. The summed E-state index contributed by atoms with van der Waals surface area (Å²) in [5.41, 5.74) is 8.95. The van der Waals surface area contributed by atoms with Crippen LogP contribution >= 0.6 is 11.6 Å². The zero-order chi connectivity index (χ0) is 15.6. The van der Waals surface area contributed by atoms with E-state index in [0.29, 0.717) is 12.1 Å².